The number of nitrogens with zero attached hydrogens (tertiary/aromatic N) is 2. The summed E-state index contributed by atoms with van der Waals surface area (Å²) in [5, 5.41) is 8.95. The molecule has 0 radical (unpaired) electrons. The van der Waals surface area contributed by atoms with E-state index in [0.717, 1.165) is 16.1 Å². The second kappa shape index (κ2) is 5.29. The molecule has 5 heteroatoms. The lowest BCUT2D eigenvalue weighted by molar-refractivity contribution is 0.408. The highest BCUT2D eigenvalue weighted by atomic mass is 32.1. The van der Waals surface area contributed by atoms with Gasteiger partial charge in [0.05, 0.1) is 25.3 Å². The topological polar surface area (TPSA) is 55.0 Å². The first kappa shape index (κ1) is 13.4. The van der Waals surface area contributed by atoms with Crippen LogP contribution in [0, 0.1) is 25.2 Å². The Morgan fingerprint density at radius 1 is 1.42 bits per heavy atom. The minimum absolute atomic E-state index is 0.0133. The average Bonchev–Trinajstić information content (AvgIpc) is 2.65. The van der Waals surface area contributed by atoms with Crippen molar-refractivity contribution in [1.29, 1.82) is 5.26 Å². The van der Waals surface area contributed by atoms with Crippen molar-refractivity contribution >= 4 is 11.3 Å². The highest BCUT2D eigenvalue weighted by Gasteiger charge is 2.11. The largest absolute Gasteiger partial charge is 0.496 e. The molecular weight excluding hydrogens is 260 g/mol. The minimum atomic E-state index is 0.0133. The summed E-state index contributed by atoms with van der Waals surface area (Å²) in [6, 6.07) is 7.32. The smallest absolute Gasteiger partial charge is 0.307 e. The van der Waals surface area contributed by atoms with Crippen LogP contribution in [0.5, 0.6) is 5.75 Å². The maximum Gasteiger partial charge on any atom is 0.307 e. The van der Waals surface area contributed by atoms with Crippen LogP contribution < -0.4 is 9.61 Å². The summed E-state index contributed by atoms with van der Waals surface area (Å²) in [5.41, 5.74) is 2.36. The Morgan fingerprint density at radius 3 is 2.68 bits per heavy atom. The number of thiazole rings is 1. The third-order valence-corrected chi connectivity index (χ3v) is 4.11. The predicted molar refractivity (Wildman–Crippen MR) is 74.9 cm³/mol. The Bertz CT molecular complexity index is 707. The summed E-state index contributed by atoms with van der Waals surface area (Å²) < 4.78 is 6.99. The molecule has 0 N–H and O–H groups in total. The van der Waals surface area contributed by atoms with Crippen LogP contribution in [0.4, 0.5) is 0 Å². The Hall–Kier alpha value is -2.06. The Balaban J connectivity index is 2.48. The maximum atomic E-state index is 11.9. The maximum absolute atomic E-state index is 11.9. The minimum Gasteiger partial charge on any atom is -0.496 e. The molecule has 0 aliphatic carbocycles. The molecule has 0 saturated carbocycles. The van der Waals surface area contributed by atoms with Gasteiger partial charge in [-0.1, -0.05) is 11.3 Å². The van der Waals surface area contributed by atoms with E-state index >= 15 is 0 Å². The van der Waals surface area contributed by atoms with Gasteiger partial charge >= 0.3 is 4.87 Å². The molecule has 0 saturated heterocycles. The molecule has 0 aliphatic heterocycles. The van der Waals surface area contributed by atoms with Gasteiger partial charge in [0.2, 0.25) is 0 Å². The van der Waals surface area contributed by atoms with E-state index < -0.39 is 0 Å². The molecule has 0 amide bonds. The molecule has 0 spiro atoms. The number of hydrogen-bond donors (Lipinski definition) is 0. The summed E-state index contributed by atoms with van der Waals surface area (Å²) in [5.74, 6) is 0.689. The fourth-order valence-corrected chi connectivity index (χ4v) is 2.74. The van der Waals surface area contributed by atoms with Gasteiger partial charge < -0.3 is 4.74 Å². The monoisotopic (exact) mass is 274 g/mol. The summed E-state index contributed by atoms with van der Waals surface area (Å²) in [6.07, 6.45) is 0. The van der Waals surface area contributed by atoms with Crippen molar-refractivity contribution in [3.63, 3.8) is 0 Å². The van der Waals surface area contributed by atoms with E-state index in [1.165, 1.54) is 11.3 Å². The third kappa shape index (κ3) is 2.54. The van der Waals surface area contributed by atoms with Crippen LogP contribution in [0.15, 0.2) is 23.0 Å². The SMILES string of the molecule is COc1ccc(C#N)cc1Cn1c(C)c(C)sc1=O. The number of nitriles is 1. The fraction of sp³-hybridized carbons (Fsp3) is 0.286. The summed E-state index contributed by atoms with van der Waals surface area (Å²) in [4.78, 5) is 12.9. The first-order chi connectivity index (χ1) is 9.06. The van der Waals surface area contributed by atoms with Gasteiger partial charge in [-0.15, -0.1) is 0 Å². The fourth-order valence-electron chi connectivity index (χ4n) is 1.91. The van der Waals surface area contributed by atoms with E-state index in [1.807, 2.05) is 13.8 Å². The number of hydrogen-bond acceptors (Lipinski definition) is 4. The third-order valence-electron chi connectivity index (χ3n) is 3.11. The van der Waals surface area contributed by atoms with Crippen LogP contribution in [0.3, 0.4) is 0 Å². The van der Waals surface area contributed by atoms with Gasteiger partial charge in [0.1, 0.15) is 5.75 Å². The molecule has 0 bridgehead atoms. The van der Waals surface area contributed by atoms with Crippen molar-refractivity contribution in [2.75, 3.05) is 7.11 Å². The van der Waals surface area contributed by atoms with Crippen molar-refractivity contribution in [2.24, 2.45) is 0 Å². The van der Waals surface area contributed by atoms with E-state index in [-0.39, 0.29) is 4.87 Å². The lowest BCUT2D eigenvalue weighted by Gasteiger charge is -2.10. The van der Waals surface area contributed by atoms with Gasteiger partial charge in [0.25, 0.3) is 0 Å². The number of ether oxygens (including phenoxy) is 1. The Kier molecular flexibility index (Phi) is 3.72. The van der Waals surface area contributed by atoms with E-state index in [4.69, 9.17) is 10.00 Å². The van der Waals surface area contributed by atoms with Gasteiger partial charge in [-0.3, -0.25) is 9.36 Å². The Labute approximate surface area is 115 Å². The van der Waals surface area contributed by atoms with E-state index in [2.05, 4.69) is 6.07 Å². The van der Waals surface area contributed by atoms with E-state index in [0.29, 0.717) is 17.9 Å². The number of methoxy groups -OCH3 is 1. The van der Waals surface area contributed by atoms with Crippen LogP contribution in [0.2, 0.25) is 0 Å². The van der Waals surface area contributed by atoms with Crippen LogP contribution >= 0.6 is 11.3 Å². The molecule has 1 aromatic carbocycles. The lowest BCUT2D eigenvalue weighted by atomic mass is 10.1. The number of aromatic nitrogens is 1. The molecule has 2 aromatic rings. The molecule has 1 heterocycles. The zero-order valence-corrected chi connectivity index (χ0v) is 11.9. The van der Waals surface area contributed by atoms with E-state index in [9.17, 15) is 4.79 Å². The van der Waals surface area contributed by atoms with Crippen LogP contribution in [-0.2, 0) is 6.54 Å². The van der Waals surface area contributed by atoms with Gasteiger partial charge in [0.15, 0.2) is 0 Å². The van der Waals surface area contributed by atoms with Gasteiger partial charge in [-0.05, 0) is 32.0 Å². The zero-order chi connectivity index (χ0) is 14.0. The molecule has 0 fully saturated rings. The molecule has 0 unspecified atom stereocenters. The van der Waals surface area contributed by atoms with Gasteiger partial charge in [0, 0.05) is 16.1 Å². The second-order valence-electron chi connectivity index (χ2n) is 4.23. The van der Waals surface area contributed by atoms with Gasteiger partial charge in [-0.25, -0.2) is 0 Å². The molecule has 1 aromatic heterocycles. The molecule has 4 nitrogen and oxygen atoms in total. The van der Waals surface area contributed by atoms with Crippen molar-refractivity contribution < 1.29 is 4.74 Å². The van der Waals surface area contributed by atoms with Crippen molar-refractivity contribution in [2.45, 2.75) is 20.4 Å². The number of benzene rings is 1. The normalized spacial score (nSPS) is 10.2. The first-order valence-electron chi connectivity index (χ1n) is 5.80. The quantitative estimate of drug-likeness (QED) is 0.864. The van der Waals surface area contributed by atoms with Gasteiger partial charge in [-0.2, -0.15) is 5.26 Å². The molecule has 19 heavy (non-hydrogen) atoms. The molecule has 0 atom stereocenters. The second-order valence-corrected chi connectivity index (χ2v) is 5.40. The number of rotatable bonds is 3. The number of aryl methyl sites for hydroxylation is 1. The summed E-state index contributed by atoms with van der Waals surface area (Å²) in [7, 11) is 1.58. The average molecular weight is 274 g/mol. The van der Waals surface area contributed by atoms with Crippen LogP contribution in [-0.4, -0.2) is 11.7 Å². The zero-order valence-electron chi connectivity index (χ0n) is 11.1. The highest BCUT2D eigenvalue weighted by molar-refractivity contribution is 7.09. The lowest BCUT2D eigenvalue weighted by Crippen LogP contribution is -2.16. The van der Waals surface area contributed by atoms with Crippen molar-refractivity contribution in [3.8, 4) is 11.8 Å². The van der Waals surface area contributed by atoms with Crippen LogP contribution in [0.1, 0.15) is 21.7 Å². The highest BCUT2D eigenvalue weighted by Crippen LogP contribution is 2.22. The van der Waals surface area contributed by atoms with Crippen molar-refractivity contribution in [1.82, 2.24) is 4.57 Å². The molecular formula is C14H14N2O2S. The first-order valence-corrected chi connectivity index (χ1v) is 6.62. The van der Waals surface area contributed by atoms with Crippen LogP contribution in [0.25, 0.3) is 0 Å². The summed E-state index contributed by atoms with van der Waals surface area (Å²) >= 11 is 1.24. The van der Waals surface area contributed by atoms with E-state index in [1.54, 1.807) is 29.9 Å². The molecule has 0 aliphatic rings. The molecule has 2 rings (SSSR count). The summed E-state index contributed by atoms with van der Waals surface area (Å²) in [6.45, 7) is 4.28. The molecule has 98 valence electrons. The predicted octanol–water partition coefficient (Wildman–Crippen LogP) is 2.46. The standard InChI is InChI=1S/C14H14N2O2S/c1-9-10(2)19-14(17)16(9)8-12-6-11(7-15)4-5-13(12)18-3/h4-6H,8H2,1-3H3. The van der Waals surface area contributed by atoms with Crippen molar-refractivity contribution in [3.05, 3.63) is 49.6 Å². The Morgan fingerprint density at radius 2 is 2.16 bits per heavy atom.